The van der Waals surface area contributed by atoms with Crippen molar-refractivity contribution >= 4 is 28.4 Å². The van der Waals surface area contributed by atoms with Gasteiger partial charge in [-0.05, 0) is 96.0 Å². The van der Waals surface area contributed by atoms with E-state index in [-0.39, 0.29) is 18.0 Å². The van der Waals surface area contributed by atoms with E-state index < -0.39 is 11.6 Å². The molecule has 5 heterocycles. The molecule has 0 radical (unpaired) electrons. The van der Waals surface area contributed by atoms with Gasteiger partial charge in [0.2, 0.25) is 5.91 Å². The van der Waals surface area contributed by atoms with Crippen molar-refractivity contribution in [3.63, 3.8) is 0 Å². The van der Waals surface area contributed by atoms with Crippen LogP contribution in [0.15, 0.2) is 30.6 Å². The molecule has 2 saturated heterocycles. The Labute approximate surface area is 247 Å². The number of nitrogens with one attached hydrogen (secondary N) is 2. The minimum absolute atomic E-state index is 0.193. The van der Waals surface area contributed by atoms with Gasteiger partial charge in [0.05, 0.1) is 23.0 Å². The maximum absolute atomic E-state index is 14.4. The maximum atomic E-state index is 14.4. The summed E-state index contributed by atoms with van der Waals surface area (Å²) in [6, 6.07) is 10.1. The van der Waals surface area contributed by atoms with Crippen molar-refractivity contribution in [2.45, 2.75) is 101 Å². The Morgan fingerprint density at radius 1 is 1.05 bits per heavy atom. The Hall–Kier alpha value is -3.04. The molecule has 3 aliphatic heterocycles. The lowest BCUT2D eigenvalue weighted by Crippen LogP contribution is -2.58. The number of alkyl halides is 1. The number of hydrogen-bond acceptors (Lipinski definition) is 6. The number of likely N-dealkylation sites (tertiary alicyclic amines) is 1. The van der Waals surface area contributed by atoms with E-state index in [1.807, 2.05) is 6.33 Å². The highest BCUT2D eigenvalue weighted by atomic mass is 19.1. The van der Waals surface area contributed by atoms with Crippen LogP contribution in [0.3, 0.4) is 0 Å². The molecular formula is C33H42FN7O. The van der Waals surface area contributed by atoms with Crippen LogP contribution >= 0.6 is 0 Å². The van der Waals surface area contributed by atoms with Gasteiger partial charge in [0.15, 0.2) is 5.82 Å². The minimum atomic E-state index is -0.658. The average molecular weight is 572 g/mol. The molecule has 0 atom stereocenters. The number of pyridine rings is 1. The van der Waals surface area contributed by atoms with Crippen LogP contribution in [0.4, 0.5) is 15.9 Å². The molecule has 1 amide bonds. The fourth-order valence-corrected chi connectivity index (χ4v) is 7.87. The number of piperidine rings is 2. The first kappa shape index (κ1) is 26.6. The standard InChI is InChI=1S/C33H42FN7O/c1-20(2)40-19-36-28-18-27(38-31(30(28)40)37-23-4-5-23)21-3-6-26-29(15-21)41(32(42)33(26)9-11-35-12-10-33)25-16-24(17-25)39-13-7-22(34)8-14-39/h3,6,15,18-20,22-25,35H,4-5,7-14,16-17H2,1-2H3,(H,37,38)/t24-,25+. The summed E-state index contributed by atoms with van der Waals surface area (Å²) in [5, 5.41) is 7.14. The highest BCUT2D eigenvalue weighted by Crippen LogP contribution is 2.51. The summed E-state index contributed by atoms with van der Waals surface area (Å²) in [7, 11) is 0. The zero-order chi connectivity index (χ0) is 28.6. The molecule has 42 heavy (non-hydrogen) atoms. The van der Waals surface area contributed by atoms with Crippen molar-refractivity contribution in [3.05, 3.63) is 36.2 Å². The van der Waals surface area contributed by atoms with Gasteiger partial charge in [-0.1, -0.05) is 12.1 Å². The van der Waals surface area contributed by atoms with Gasteiger partial charge < -0.3 is 25.0 Å². The maximum Gasteiger partial charge on any atom is 0.238 e. The third kappa shape index (κ3) is 4.26. The van der Waals surface area contributed by atoms with Gasteiger partial charge >= 0.3 is 0 Å². The molecule has 0 unspecified atom stereocenters. The van der Waals surface area contributed by atoms with Crippen molar-refractivity contribution < 1.29 is 9.18 Å². The van der Waals surface area contributed by atoms with Crippen LogP contribution in [0, 0.1) is 0 Å². The van der Waals surface area contributed by atoms with Gasteiger partial charge in [-0.15, -0.1) is 0 Å². The number of halogens is 1. The van der Waals surface area contributed by atoms with Gasteiger partial charge in [0.1, 0.15) is 11.7 Å². The van der Waals surface area contributed by atoms with Gasteiger partial charge in [0, 0.05) is 48.5 Å². The summed E-state index contributed by atoms with van der Waals surface area (Å²) >= 11 is 0. The Morgan fingerprint density at radius 3 is 2.52 bits per heavy atom. The molecule has 4 fully saturated rings. The number of hydrogen-bond donors (Lipinski definition) is 2. The first-order valence-corrected chi connectivity index (χ1v) is 16.1. The molecule has 0 bridgehead atoms. The van der Waals surface area contributed by atoms with E-state index in [1.54, 1.807) is 0 Å². The largest absolute Gasteiger partial charge is 0.366 e. The van der Waals surface area contributed by atoms with Crippen LogP contribution in [-0.4, -0.2) is 75.8 Å². The fourth-order valence-electron chi connectivity index (χ4n) is 7.87. The number of carbonyl (C=O) groups is 1. The lowest BCUT2D eigenvalue weighted by Gasteiger charge is -2.48. The van der Waals surface area contributed by atoms with E-state index in [9.17, 15) is 9.18 Å². The number of nitrogens with zero attached hydrogens (tertiary/aromatic N) is 5. The summed E-state index contributed by atoms with van der Waals surface area (Å²) in [5.74, 6) is 1.18. The van der Waals surface area contributed by atoms with E-state index in [1.165, 1.54) is 18.4 Å². The van der Waals surface area contributed by atoms with E-state index in [0.717, 1.165) is 85.7 Å². The molecule has 8 nitrogen and oxygen atoms in total. The summed E-state index contributed by atoms with van der Waals surface area (Å²) < 4.78 is 16.0. The van der Waals surface area contributed by atoms with Gasteiger partial charge in [-0.2, -0.15) is 0 Å². The van der Waals surface area contributed by atoms with Crippen LogP contribution in [0.1, 0.15) is 76.8 Å². The third-order valence-corrected chi connectivity index (χ3v) is 10.6. The number of benzene rings is 1. The van der Waals surface area contributed by atoms with Crippen molar-refractivity contribution in [1.29, 1.82) is 0 Å². The average Bonchev–Trinajstić information content (AvgIpc) is 3.63. The fraction of sp³-hybridized carbons (Fsp3) is 0.606. The molecule has 222 valence electrons. The van der Waals surface area contributed by atoms with Crippen LogP contribution in [-0.2, 0) is 10.2 Å². The smallest absolute Gasteiger partial charge is 0.238 e. The van der Waals surface area contributed by atoms with Crippen molar-refractivity contribution in [1.82, 2.24) is 24.8 Å². The molecule has 3 aromatic rings. The van der Waals surface area contributed by atoms with E-state index in [4.69, 9.17) is 9.97 Å². The van der Waals surface area contributed by atoms with Crippen molar-refractivity contribution in [2.75, 3.05) is 36.4 Å². The molecule has 5 aliphatic rings. The molecule has 1 aromatic carbocycles. The van der Waals surface area contributed by atoms with Crippen molar-refractivity contribution in [2.24, 2.45) is 0 Å². The van der Waals surface area contributed by atoms with E-state index in [2.05, 4.69) is 63.1 Å². The highest BCUT2D eigenvalue weighted by Gasteiger charge is 2.55. The predicted molar refractivity (Wildman–Crippen MR) is 164 cm³/mol. The van der Waals surface area contributed by atoms with E-state index in [0.29, 0.717) is 24.9 Å². The second-order valence-corrected chi connectivity index (χ2v) is 13.6. The Kier molecular flexibility index (Phi) is 6.34. The van der Waals surface area contributed by atoms with Crippen LogP contribution in [0.2, 0.25) is 0 Å². The normalized spacial score (nSPS) is 26.3. The Morgan fingerprint density at radius 2 is 1.81 bits per heavy atom. The third-order valence-electron chi connectivity index (χ3n) is 10.6. The van der Waals surface area contributed by atoms with Gasteiger partial charge in [-0.3, -0.25) is 4.79 Å². The highest BCUT2D eigenvalue weighted by molar-refractivity contribution is 6.09. The molecule has 1 spiro atoms. The van der Waals surface area contributed by atoms with Gasteiger partial charge in [0.25, 0.3) is 0 Å². The lowest BCUT2D eigenvalue weighted by molar-refractivity contribution is -0.125. The SMILES string of the molecule is CC(C)n1cnc2cc(-c3ccc4c(c3)N([C@H]3C[C@@H](N5CCC(F)CC5)C3)C(=O)C43CCNCC3)nc(NC3CC3)c21. The Bertz CT molecular complexity index is 1510. The number of aromatic nitrogens is 3. The van der Waals surface area contributed by atoms with Crippen molar-refractivity contribution in [3.8, 4) is 11.3 Å². The summed E-state index contributed by atoms with van der Waals surface area (Å²) in [5.41, 5.74) is 5.73. The molecule has 2 N–H and O–H groups in total. The van der Waals surface area contributed by atoms with Crippen LogP contribution < -0.4 is 15.5 Å². The first-order valence-electron chi connectivity index (χ1n) is 16.1. The second-order valence-electron chi connectivity index (χ2n) is 13.6. The molecule has 8 rings (SSSR count). The molecule has 9 heteroatoms. The van der Waals surface area contributed by atoms with Crippen LogP contribution in [0.25, 0.3) is 22.3 Å². The number of rotatable bonds is 6. The number of amides is 1. The zero-order valence-electron chi connectivity index (χ0n) is 24.8. The summed E-state index contributed by atoms with van der Waals surface area (Å²) in [6.45, 7) is 7.74. The second kappa shape index (κ2) is 10.0. The zero-order valence-corrected chi connectivity index (χ0v) is 24.8. The molecule has 2 aromatic heterocycles. The van der Waals surface area contributed by atoms with Crippen LogP contribution in [0.5, 0.6) is 0 Å². The molecule has 2 saturated carbocycles. The first-order chi connectivity index (χ1) is 20.4. The lowest BCUT2D eigenvalue weighted by atomic mass is 9.74. The number of carbonyl (C=O) groups excluding carboxylic acids is 1. The monoisotopic (exact) mass is 571 g/mol. The Balaban J connectivity index is 1.16. The topological polar surface area (TPSA) is 78.3 Å². The quantitative estimate of drug-likeness (QED) is 0.424. The minimum Gasteiger partial charge on any atom is -0.366 e. The predicted octanol–water partition coefficient (Wildman–Crippen LogP) is 5.19. The summed E-state index contributed by atoms with van der Waals surface area (Å²) in [6.07, 6.45) is 8.48. The number of anilines is 2. The molecule has 2 aliphatic carbocycles. The van der Waals surface area contributed by atoms with Gasteiger partial charge in [-0.25, -0.2) is 14.4 Å². The summed E-state index contributed by atoms with van der Waals surface area (Å²) in [4.78, 5) is 28.9. The molecular weight excluding hydrogens is 529 g/mol. The number of imidazole rings is 1. The van der Waals surface area contributed by atoms with E-state index >= 15 is 0 Å². The number of fused-ring (bicyclic) bond motifs is 3.